The molecule has 0 saturated carbocycles. The third-order valence-electron chi connectivity index (χ3n) is 3.52. The molecule has 2 saturated heterocycles. The molecular weight excluding hydrogens is 182 g/mol. The Labute approximate surface area is 91.2 Å². The Balaban J connectivity index is 1.80. The van der Waals surface area contributed by atoms with E-state index in [1.54, 1.807) is 5.57 Å². The topological polar surface area (TPSA) is 12.0 Å². The van der Waals surface area contributed by atoms with E-state index >= 15 is 0 Å². The first kappa shape index (κ1) is 9.17. The minimum atomic E-state index is 0.763. The van der Waals surface area contributed by atoms with Crippen LogP contribution in [-0.2, 0) is 0 Å². The molecular formula is C14H17N. The van der Waals surface area contributed by atoms with Crippen LogP contribution in [0.4, 0.5) is 0 Å². The Morgan fingerprint density at radius 3 is 2.33 bits per heavy atom. The maximum atomic E-state index is 3.67. The van der Waals surface area contributed by atoms with Crippen LogP contribution >= 0.6 is 0 Å². The Morgan fingerprint density at radius 1 is 1.00 bits per heavy atom. The van der Waals surface area contributed by atoms with E-state index in [4.69, 9.17) is 0 Å². The van der Waals surface area contributed by atoms with Crippen molar-refractivity contribution in [3.8, 4) is 0 Å². The molecule has 0 amide bonds. The van der Waals surface area contributed by atoms with Gasteiger partial charge in [-0.15, -0.1) is 0 Å². The van der Waals surface area contributed by atoms with Crippen molar-refractivity contribution in [3.63, 3.8) is 0 Å². The van der Waals surface area contributed by atoms with Gasteiger partial charge in [-0.05, 0) is 31.2 Å². The zero-order valence-electron chi connectivity index (χ0n) is 8.95. The monoisotopic (exact) mass is 199 g/mol. The van der Waals surface area contributed by atoms with E-state index in [2.05, 4.69) is 41.7 Å². The van der Waals surface area contributed by atoms with Gasteiger partial charge in [0.05, 0.1) is 0 Å². The van der Waals surface area contributed by atoms with Crippen molar-refractivity contribution in [3.05, 3.63) is 41.5 Å². The van der Waals surface area contributed by atoms with Gasteiger partial charge in [-0.1, -0.05) is 42.0 Å². The first-order valence-electron chi connectivity index (χ1n) is 5.91. The molecule has 1 N–H and O–H groups in total. The largest absolute Gasteiger partial charge is 0.311 e. The van der Waals surface area contributed by atoms with Crippen LogP contribution in [-0.4, -0.2) is 12.1 Å². The lowest BCUT2D eigenvalue weighted by atomic mass is 9.97. The van der Waals surface area contributed by atoms with Gasteiger partial charge in [0.2, 0.25) is 0 Å². The third kappa shape index (κ3) is 1.98. The van der Waals surface area contributed by atoms with Crippen molar-refractivity contribution in [2.45, 2.75) is 37.8 Å². The zero-order valence-corrected chi connectivity index (χ0v) is 8.95. The molecule has 15 heavy (non-hydrogen) atoms. The Hall–Kier alpha value is -1.08. The van der Waals surface area contributed by atoms with E-state index in [1.807, 2.05) is 0 Å². The fourth-order valence-corrected chi connectivity index (χ4v) is 2.84. The highest BCUT2D eigenvalue weighted by Gasteiger charge is 2.29. The standard InChI is InChI=1S/C14H17N/c1-2-4-11(5-3-1)8-12-9-13-6-7-14(10-12)15-13/h1-5,8,13-15H,6-7,9-10H2. The van der Waals surface area contributed by atoms with Crippen LogP contribution in [0.5, 0.6) is 0 Å². The highest BCUT2D eigenvalue weighted by Crippen LogP contribution is 2.31. The van der Waals surface area contributed by atoms with Crippen LogP contribution in [0.25, 0.3) is 6.08 Å². The summed E-state index contributed by atoms with van der Waals surface area (Å²) in [6, 6.07) is 12.2. The van der Waals surface area contributed by atoms with Crippen molar-refractivity contribution in [1.82, 2.24) is 5.32 Å². The molecule has 1 aromatic rings. The Bertz CT molecular complexity index is 352. The van der Waals surface area contributed by atoms with Gasteiger partial charge in [-0.2, -0.15) is 0 Å². The van der Waals surface area contributed by atoms with E-state index in [9.17, 15) is 0 Å². The number of hydrogen-bond acceptors (Lipinski definition) is 1. The minimum Gasteiger partial charge on any atom is -0.311 e. The molecule has 2 aliphatic heterocycles. The lowest BCUT2D eigenvalue weighted by molar-refractivity contribution is 0.476. The molecule has 2 aliphatic rings. The molecule has 0 aliphatic carbocycles. The van der Waals surface area contributed by atoms with E-state index in [1.165, 1.54) is 31.2 Å². The molecule has 2 heterocycles. The Kier molecular flexibility index (Phi) is 2.34. The van der Waals surface area contributed by atoms with Crippen molar-refractivity contribution in [2.75, 3.05) is 0 Å². The van der Waals surface area contributed by atoms with Crippen LogP contribution in [0.1, 0.15) is 31.2 Å². The summed E-state index contributed by atoms with van der Waals surface area (Å²) in [6.45, 7) is 0. The molecule has 0 aromatic heterocycles. The van der Waals surface area contributed by atoms with Gasteiger partial charge in [0.15, 0.2) is 0 Å². The molecule has 2 fully saturated rings. The van der Waals surface area contributed by atoms with Gasteiger partial charge in [-0.25, -0.2) is 0 Å². The van der Waals surface area contributed by atoms with Crippen LogP contribution in [0.2, 0.25) is 0 Å². The smallest absolute Gasteiger partial charge is 0.0108 e. The maximum absolute atomic E-state index is 3.67. The number of piperidine rings is 1. The van der Waals surface area contributed by atoms with Gasteiger partial charge in [0.25, 0.3) is 0 Å². The SMILES string of the molecule is C(=C1CC2CCC(C1)N2)c1ccccc1. The van der Waals surface area contributed by atoms with Crippen molar-refractivity contribution < 1.29 is 0 Å². The van der Waals surface area contributed by atoms with Crippen molar-refractivity contribution in [2.24, 2.45) is 0 Å². The van der Waals surface area contributed by atoms with Crippen LogP contribution in [0, 0.1) is 0 Å². The van der Waals surface area contributed by atoms with Crippen LogP contribution in [0.15, 0.2) is 35.9 Å². The van der Waals surface area contributed by atoms with Crippen LogP contribution in [0.3, 0.4) is 0 Å². The molecule has 2 unspecified atom stereocenters. The highest BCUT2D eigenvalue weighted by molar-refractivity contribution is 5.53. The number of fused-ring (bicyclic) bond motifs is 2. The zero-order chi connectivity index (χ0) is 10.1. The second-order valence-electron chi connectivity index (χ2n) is 4.76. The van der Waals surface area contributed by atoms with Gasteiger partial charge < -0.3 is 5.32 Å². The fraction of sp³-hybridized carbons (Fsp3) is 0.429. The third-order valence-corrected chi connectivity index (χ3v) is 3.52. The number of hydrogen-bond donors (Lipinski definition) is 1. The number of benzene rings is 1. The average molecular weight is 199 g/mol. The molecule has 0 spiro atoms. The average Bonchev–Trinajstić information content (AvgIpc) is 2.60. The molecule has 0 radical (unpaired) electrons. The van der Waals surface area contributed by atoms with Crippen molar-refractivity contribution >= 4 is 6.08 Å². The first-order chi connectivity index (χ1) is 7.40. The molecule has 3 rings (SSSR count). The minimum absolute atomic E-state index is 0.763. The number of nitrogens with one attached hydrogen (secondary N) is 1. The van der Waals surface area contributed by atoms with Gasteiger partial charge in [0, 0.05) is 12.1 Å². The molecule has 1 aromatic carbocycles. The normalized spacial score (nSPS) is 29.2. The fourth-order valence-electron chi connectivity index (χ4n) is 2.84. The second kappa shape index (κ2) is 3.82. The van der Waals surface area contributed by atoms with E-state index in [0.717, 1.165) is 12.1 Å². The summed E-state index contributed by atoms with van der Waals surface area (Å²) < 4.78 is 0. The van der Waals surface area contributed by atoms with E-state index < -0.39 is 0 Å². The summed E-state index contributed by atoms with van der Waals surface area (Å²) >= 11 is 0. The maximum Gasteiger partial charge on any atom is 0.0108 e. The molecule has 2 atom stereocenters. The first-order valence-corrected chi connectivity index (χ1v) is 5.91. The summed E-state index contributed by atoms with van der Waals surface area (Å²) in [4.78, 5) is 0. The summed E-state index contributed by atoms with van der Waals surface area (Å²) in [6.07, 6.45) is 7.64. The van der Waals surface area contributed by atoms with E-state index in [0.29, 0.717) is 0 Å². The molecule has 2 bridgehead atoms. The van der Waals surface area contributed by atoms with Gasteiger partial charge in [0.1, 0.15) is 0 Å². The predicted octanol–water partition coefficient (Wildman–Crippen LogP) is 2.98. The Morgan fingerprint density at radius 2 is 1.67 bits per heavy atom. The predicted molar refractivity (Wildman–Crippen MR) is 63.6 cm³/mol. The molecule has 1 heteroatoms. The quantitative estimate of drug-likeness (QED) is 0.733. The summed E-state index contributed by atoms with van der Waals surface area (Å²) in [5, 5.41) is 3.67. The second-order valence-corrected chi connectivity index (χ2v) is 4.76. The van der Waals surface area contributed by atoms with Crippen molar-refractivity contribution in [1.29, 1.82) is 0 Å². The lowest BCUT2D eigenvalue weighted by Crippen LogP contribution is -2.34. The molecule has 1 nitrogen and oxygen atoms in total. The van der Waals surface area contributed by atoms with Gasteiger partial charge >= 0.3 is 0 Å². The molecule has 78 valence electrons. The highest BCUT2D eigenvalue weighted by atomic mass is 15.0. The summed E-state index contributed by atoms with van der Waals surface area (Å²) in [7, 11) is 0. The summed E-state index contributed by atoms with van der Waals surface area (Å²) in [5.41, 5.74) is 2.99. The van der Waals surface area contributed by atoms with Gasteiger partial charge in [-0.3, -0.25) is 0 Å². The number of rotatable bonds is 1. The lowest BCUT2D eigenvalue weighted by Gasteiger charge is -2.23. The van der Waals surface area contributed by atoms with Crippen LogP contribution < -0.4 is 5.32 Å². The summed E-state index contributed by atoms with van der Waals surface area (Å²) in [5.74, 6) is 0. The van der Waals surface area contributed by atoms with E-state index in [-0.39, 0.29) is 0 Å².